The lowest BCUT2D eigenvalue weighted by Gasteiger charge is -2.23. The van der Waals surface area contributed by atoms with Crippen LogP contribution in [0, 0.1) is 0 Å². The van der Waals surface area contributed by atoms with E-state index in [9.17, 15) is 14.7 Å². The number of carboxylic acids is 1. The van der Waals surface area contributed by atoms with Crippen molar-refractivity contribution in [1.82, 2.24) is 10.3 Å². The molecule has 9 heteroatoms. The van der Waals surface area contributed by atoms with Crippen LogP contribution in [0.15, 0.2) is 24.4 Å². The van der Waals surface area contributed by atoms with Crippen LogP contribution in [-0.4, -0.2) is 41.7 Å². The Hall–Kier alpha value is -2.16. The standard InChI is InChI=1S/C16H15ClN4O3S/c17-12-6-19-14(25-12)20-15(24)21-8-16(3-4-18-7-16)10-5-9(13(22)23)1-2-11(10)21/h1-2,5-6,18H,3-4,7-8H2,(H,22,23)(H,19,20,24). The molecule has 2 aliphatic heterocycles. The summed E-state index contributed by atoms with van der Waals surface area (Å²) in [6.45, 7) is 2.06. The monoisotopic (exact) mass is 378 g/mol. The summed E-state index contributed by atoms with van der Waals surface area (Å²) in [6.07, 6.45) is 2.34. The van der Waals surface area contributed by atoms with Gasteiger partial charge in [-0.1, -0.05) is 22.9 Å². The molecule has 0 saturated carbocycles. The summed E-state index contributed by atoms with van der Waals surface area (Å²) >= 11 is 7.05. The zero-order chi connectivity index (χ0) is 17.6. The lowest BCUT2D eigenvalue weighted by molar-refractivity contribution is 0.0696. The minimum absolute atomic E-state index is 0.235. The molecule has 7 nitrogen and oxygen atoms in total. The molecular formula is C16H15ClN4O3S. The highest BCUT2D eigenvalue weighted by Crippen LogP contribution is 2.45. The van der Waals surface area contributed by atoms with Crippen molar-refractivity contribution in [2.24, 2.45) is 0 Å². The number of hydrogen-bond donors (Lipinski definition) is 3. The van der Waals surface area contributed by atoms with Gasteiger partial charge in [0.25, 0.3) is 0 Å². The number of carbonyl (C=O) groups is 2. The number of nitrogens with one attached hydrogen (secondary N) is 2. The van der Waals surface area contributed by atoms with Gasteiger partial charge in [-0.2, -0.15) is 0 Å². The van der Waals surface area contributed by atoms with E-state index in [1.807, 2.05) is 0 Å². The van der Waals surface area contributed by atoms with Crippen molar-refractivity contribution in [1.29, 1.82) is 0 Å². The van der Waals surface area contributed by atoms with Crippen LogP contribution in [0.4, 0.5) is 15.6 Å². The minimum Gasteiger partial charge on any atom is -0.478 e. The van der Waals surface area contributed by atoms with Gasteiger partial charge in [-0.05, 0) is 36.7 Å². The van der Waals surface area contributed by atoms with Gasteiger partial charge in [-0.25, -0.2) is 14.6 Å². The summed E-state index contributed by atoms with van der Waals surface area (Å²) in [6, 6.07) is 4.64. The highest BCUT2D eigenvalue weighted by molar-refractivity contribution is 7.19. The van der Waals surface area contributed by atoms with Gasteiger partial charge in [0.05, 0.1) is 11.8 Å². The molecule has 1 unspecified atom stereocenters. The molecule has 0 radical (unpaired) electrons. The van der Waals surface area contributed by atoms with Crippen LogP contribution in [0.3, 0.4) is 0 Å². The number of thiazole rings is 1. The Morgan fingerprint density at radius 2 is 2.28 bits per heavy atom. The Bertz CT molecular complexity index is 863. The first-order chi connectivity index (χ1) is 12.0. The second-order valence-electron chi connectivity index (χ2n) is 6.23. The molecule has 3 N–H and O–H groups in total. The molecule has 2 aromatic rings. The molecule has 1 fully saturated rings. The van der Waals surface area contributed by atoms with Gasteiger partial charge in [0.1, 0.15) is 4.34 Å². The molecule has 0 aliphatic carbocycles. The maximum absolute atomic E-state index is 12.7. The molecule has 1 aromatic heterocycles. The van der Waals surface area contributed by atoms with E-state index in [1.165, 1.54) is 23.6 Å². The molecule has 4 rings (SSSR count). The topological polar surface area (TPSA) is 94.6 Å². The molecule has 1 atom stereocenters. The Kier molecular flexibility index (Phi) is 3.90. The summed E-state index contributed by atoms with van der Waals surface area (Å²) in [5.74, 6) is -0.968. The number of aromatic carboxylic acids is 1. The van der Waals surface area contributed by atoms with Crippen molar-refractivity contribution in [2.75, 3.05) is 29.9 Å². The average molecular weight is 379 g/mol. The molecule has 1 aromatic carbocycles. The molecule has 1 saturated heterocycles. The quantitative estimate of drug-likeness (QED) is 0.747. The summed E-state index contributed by atoms with van der Waals surface area (Å²) in [5, 5.41) is 15.8. The summed E-state index contributed by atoms with van der Waals surface area (Å²) < 4.78 is 0.500. The van der Waals surface area contributed by atoms with Gasteiger partial charge in [0.15, 0.2) is 5.13 Å². The minimum atomic E-state index is -0.968. The van der Waals surface area contributed by atoms with E-state index in [0.717, 1.165) is 30.8 Å². The second kappa shape index (κ2) is 5.98. The van der Waals surface area contributed by atoms with Gasteiger partial charge >= 0.3 is 12.0 Å². The van der Waals surface area contributed by atoms with Crippen LogP contribution >= 0.6 is 22.9 Å². The van der Waals surface area contributed by atoms with Gasteiger partial charge in [0.2, 0.25) is 0 Å². The first-order valence-electron chi connectivity index (χ1n) is 7.77. The Morgan fingerprint density at radius 3 is 2.92 bits per heavy atom. The molecular weight excluding hydrogens is 364 g/mol. The number of aromatic nitrogens is 1. The third-order valence-corrected chi connectivity index (χ3v) is 5.78. The number of urea groups is 1. The van der Waals surface area contributed by atoms with E-state index in [0.29, 0.717) is 16.0 Å². The SMILES string of the molecule is O=C(O)c1ccc2c(c1)C1(CCNC1)CN2C(=O)Nc1ncc(Cl)s1. The molecule has 2 aliphatic rings. The van der Waals surface area contributed by atoms with Crippen molar-refractivity contribution in [3.05, 3.63) is 39.9 Å². The lowest BCUT2D eigenvalue weighted by Crippen LogP contribution is -2.40. The van der Waals surface area contributed by atoms with Crippen molar-refractivity contribution < 1.29 is 14.7 Å². The predicted octanol–water partition coefficient (Wildman–Crippen LogP) is 2.78. The van der Waals surface area contributed by atoms with Crippen LogP contribution in [-0.2, 0) is 5.41 Å². The number of carboxylic acid groups (broad SMARTS) is 1. The number of benzene rings is 1. The van der Waals surface area contributed by atoms with E-state index >= 15 is 0 Å². The number of amides is 2. The Morgan fingerprint density at radius 1 is 1.44 bits per heavy atom. The Balaban J connectivity index is 1.69. The van der Waals surface area contributed by atoms with Crippen LogP contribution in [0.2, 0.25) is 4.34 Å². The molecule has 0 bridgehead atoms. The third kappa shape index (κ3) is 2.76. The number of carbonyl (C=O) groups excluding carboxylic acids is 1. The van der Waals surface area contributed by atoms with E-state index in [2.05, 4.69) is 15.6 Å². The maximum Gasteiger partial charge on any atom is 0.335 e. The van der Waals surface area contributed by atoms with Gasteiger partial charge in [-0.15, -0.1) is 0 Å². The van der Waals surface area contributed by atoms with E-state index < -0.39 is 5.97 Å². The molecule has 3 heterocycles. The second-order valence-corrected chi connectivity index (χ2v) is 7.89. The molecule has 1 spiro atoms. The number of halogens is 1. The summed E-state index contributed by atoms with van der Waals surface area (Å²) in [5.41, 5.74) is 1.64. The fourth-order valence-electron chi connectivity index (χ4n) is 3.56. The predicted molar refractivity (Wildman–Crippen MR) is 96.1 cm³/mol. The summed E-state index contributed by atoms with van der Waals surface area (Å²) in [4.78, 5) is 29.8. The lowest BCUT2D eigenvalue weighted by atomic mass is 9.81. The number of anilines is 2. The first-order valence-corrected chi connectivity index (χ1v) is 8.96. The van der Waals surface area contributed by atoms with Gasteiger partial charge in [0, 0.05) is 24.2 Å². The first kappa shape index (κ1) is 16.3. The summed E-state index contributed by atoms with van der Waals surface area (Å²) in [7, 11) is 0. The van der Waals surface area contributed by atoms with E-state index in [-0.39, 0.29) is 17.0 Å². The molecule has 25 heavy (non-hydrogen) atoms. The smallest absolute Gasteiger partial charge is 0.335 e. The fraction of sp³-hybridized carbons (Fsp3) is 0.312. The van der Waals surface area contributed by atoms with Crippen molar-refractivity contribution >= 4 is 45.8 Å². The number of fused-ring (bicyclic) bond motifs is 2. The van der Waals surface area contributed by atoms with E-state index in [1.54, 1.807) is 17.0 Å². The normalized spacial score (nSPS) is 21.6. The van der Waals surface area contributed by atoms with Crippen LogP contribution in [0.25, 0.3) is 0 Å². The molecule has 130 valence electrons. The highest BCUT2D eigenvalue weighted by atomic mass is 35.5. The van der Waals surface area contributed by atoms with Crippen LogP contribution < -0.4 is 15.5 Å². The zero-order valence-corrected chi connectivity index (χ0v) is 14.7. The number of nitrogens with zero attached hydrogens (tertiary/aromatic N) is 2. The average Bonchev–Trinajstić information content (AvgIpc) is 3.29. The zero-order valence-electron chi connectivity index (χ0n) is 13.1. The van der Waals surface area contributed by atoms with Crippen LogP contribution in [0.5, 0.6) is 0 Å². The Labute approximate surface area is 152 Å². The third-order valence-electron chi connectivity index (χ3n) is 4.75. The fourth-order valence-corrected chi connectivity index (χ4v) is 4.37. The highest BCUT2D eigenvalue weighted by Gasteiger charge is 2.46. The van der Waals surface area contributed by atoms with Crippen molar-refractivity contribution in [3.63, 3.8) is 0 Å². The number of rotatable bonds is 2. The van der Waals surface area contributed by atoms with Crippen molar-refractivity contribution in [2.45, 2.75) is 11.8 Å². The van der Waals surface area contributed by atoms with Gasteiger partial charge in [-0.3, -0.25) is 10.2 Å². The maximum atomic E-state index is 12.7. The number of hydrogen-bond acceptors (Lipinski definition) is 5. The van der Waals surface area contributed by atoms with E-state index in [4.69, 9.17) is 11.6 Å². The van der Waals surface area contributed by atoms with Crippen molar-refractivity contribution in [3.8, 4) is 0 Å². The van der Waals surface area contributed by atoms with Gasteiger partial charge < -0.3 is 10.4 Å². The molecule has 2 amide bonds. The largest absolute Gasteiger partial charge is 0.478 e. The van der Waals surface area contributed by atoms with Crippen LogP contribution in [0.1, 0.15) is 22.3 Å².